The van der Waals surface area contributed by atoms with E-state index in [0.717, 1.165) is 21.4 Å². The molecule has 0 atom stereocenters. The number of nitrogens with one attached hydrogen (secondary N) is 1. The van der Waals surface area contributed by atoms with Gasteiger partial charge in [0.15, 0.2) is 5.65 Å². The number of nitrogens with zero attached hydrogens (tertiary/aromatic N) is 4. The van der Waals surface area contributed by atoms with Crippen molar-refractivity contribution in [1.29, 1.82) is 0 Å². The second-order valence-corrected chi connectivity index (χ2v) is 7.15. The number of carbonyl (C=O) groups excluding carboxylic acids is 1. The fourth-order valence-electron chi connectivity index (χ4n) is 3.13. The molecule has 4 rings (SSSR count). The fraction of sp³-hybridized carbons (Fsp3) is 0.182. The van der Waals surface area contributed by atoms with E-state index in [9.17, 15) is 9.59 Å². The zero-order chi connectivity index (χ0) is 20.5. The molecule has 1 N–H and O–H groups in total. The van der Waals surface area contributed by atoms with E-state index in [2.05, 4.69) is 15.5 Å². The minimum Gasteiger partial charge on any atom is -0.324 e. The minimum atomic E-state index is -0.454. The molecule has 146 valence electrons. The number of aromatic nitrogens is 4. The Morgan fingerprint density at radius 3 is 2.55 bits per heavy atom. The highest BCUT2D eigenvalue weighted by atomic mass is 16.2. The first-order valence-electron chi connectivity index (χ1n) is 9.32. The van der Waals surface area contributed by atoms with E-state index >= 15 is 0 Å². The normalized spacial score (nSPS) is 11.0. The lowest BCUT2D eigenvalue weighted by Crippen LogP contribution is -2.28. The molecule has 0 radical (unpaired) electrons. The Bertz CT molecular complexity index is 1290. The predicted molar refractivity (Wildman–Crippen MR) is 112 cm³/mol. The zero-order valence-electron chi connectivity index (χ0n) is 16.5. The van der Waals surface area contributed by atoms with Gasteiger partial charge in [-0.25, -0.2) is 9.48 Å². The molecule has 7 heteroatoms. The van der Waals surface area contributed by atoms with Gasteiger partial charge in [0.25, 0.3) is 0 Å². The van der Waals surface area contributed by atoms with E-state index in [1.807, 2.05) is 63.2 Å². The third-order valence-corrected chi connectivity index (χ3v) is 4.84. The molecule has 0 spiro atoms. The summed E-state index contributed by atoms with van der Waals surface area (Å²) in [4.78, 5) is 25.0. The molecule has 0 bridgehead atoms. The maximum absolute atomic E-state index is 12.7. The average molecular weight is 387 g/mol. The second kappa shape index (κ2) is 7.35. The summed E-state index contributed by atoms with van der Waals surface area (Å²) in [5, 5.41) is 11.4. The van der Waals surface area contributed by atoms with Crippen LogP contribution in [-0.4, -0.2) is 25.3 Å². The van der Waals surface area contributed by atoms with Crippen LogP contribution in [0.15, 0.2) is 59.4 Å². The molecule has 0 saturated heterocycles. The Kier molecular flexibility index (Phi) is 4.72. The Morgan fingerprint density at radius 2 is 1.79 bits per heavy atom. The van der Waals surface area contributed by atoms with Gasteiger partial charge in [0.1, 0.15) is 6.54 Å². The van der Waals surface area contributed by atoms with Crippen LogP contribution in [0.25, 0.3) is 16.9 Å². The van der Waals surface area contributed by atoms with Crippen LogP contribution in [0.2, 0.25) is 0 Å². The van der Waals surface area contributed by atoms with Crippen LogP contribution in [-0.2, 0) is 11.3 Å². The minimum absolute atomic E-state index is 0.185. The molecule has 0 aliphatic heterocycles. The highest BCUT2D eigenvalue weighted by Crippen LogP contribution is 2.20. The van der Waals surface area contributed by atoms with Crippen LogP contribution in [0.3, 0.4) is 0 Å². The van der Waals surface area contributed by atoms with Gasteiger partial charge in [-0.05, 0) is 67.8 Å². The third-order valence-electron chi connectivity index (χ3n) is 4.84. The van der Waals surface area contributed by atoms with Gasteiger partial charge in [-0.3, -0.25) is 4.79 Å². The molecule has 29 heavy (non-hydrogen) atoms. The maximum atomic E-state index is 12.7. The summed E-state index contributed by atoms with van der Waals surface area (Å²) in [6.07, 6.45) is 0. The molecule has 2 aromatic heterocycles. The first kappa shape index (κ1) is 18.6. The van der Waals surface area contributed by atoms with Crippen LogP contribution >= 0.6 is 0 Å². The van der Waals surface area contributed by atoms with E-state index in [1.165, 1.54) is 10.1 Å². The second-order valence-electron chi connectivity index (χ2n) is 7.15. The van der Waals surface area contributed by atoms with E-state index in [1.54, 1.807) is 12.1 Å². The molecule has 7 nitrogen and oxygen atoms in total. The number of hydrogen-bond donors (Lipinski definition) is 1. The van der Waals surface area contributed by atoms with E-state index in [0.29, 0.717) is 17.0 Å². The van der Waals surface area contributed by atoms with Gasteiger partial charge in [-0.1, -0.05) is 24.3 Å². The summed E-state index contributed by atoms with van der Waals surface area (Å²) in [6.45, 7) is 5.84. The molecule has 0 aliphatic rings. The number of aryl methyl sites for hydroxylation is 3. The summed E-state index contributed by atoms with van der Waals surface area (Å²) in [5.41, 5.74) is 5.60. The lowest BCUT2D eigenvalue weighted by molar-refractivity contribution is -0.117. The smallest absolute Gasteiger partial charge is 0.324 e. The number of amides is 1. The van der Waals surface area contributed by atoms with E-state index in [4.69, 9.17) is 0 Å². The van der Waals surface area contributed by atoms with Crippen LogP contribution in [0, 0.1) is 20.8 Å². The molecule has 0 fully saturated rings. The lowest BCUT2D eigenvalue weighted by Gasteiger charge is -2.05. The molecule has 2 heterocycles. The summed E-state index contributed by atoms with van der Waals surface area (Å²) in [6, 6.07) is 17.1. The molecular formula is C22H21N5O2. The monoisotopic (exact) mass is 387 g/mol. The molecule has 0 aliphatic carbocycles. The largest absolute Gasteiger partial charge is 0.367 e. The van der Waals surface area contributed by atoms with Gasteiger partial charge in [0, 0.05) is 11.3 Å². The number of carbonyl (C=O) groups is 1. The number of anilines is 1. The number of rotatable bonds is 4. The van der Waals surface area contributed by atoms with Crippen LogP contribution in [0.4, 0.5) is 5.69 Å². The van der Waals surface area contributed by atoms with Gasteiger partial charge < -0.3 is 5.32 Å². The molecule has 2 aromatic carbocycles. The van der Waals surface area contributed by atoms with E-state index in [-0.39, 0.29) is 12.5 Å². The molecule has 4 aromatic rings. The standard InChI is InChI=1S/C22H21N5O2/c1-14-5-4-6-18(11-14)23-21(28)13-26-22(29)27-20(25-26)10-9-19(24-27)17-8-7-15(2)16(3)12-17/h4-12H,13H2,1-3H3,(H,23,28). The van der Waals surface area contributed by atoms with Crippen LogP contribution in [0.5, 0.6) is 0 Å². The number of fused-ring (bicyclic) bond motifs is 1. The van der Waals surface area contributed by atoms with Crippen molar-refractivity contribution < 1.29 is 4.79 Å². The fourth-order valence-corrected chi connectivity index (χ4v) is 3.13. The van der Waals surface area contributed by atoms with Crippen molar-refractivity contribution in [2.75, 3.05) is 5.32 Å². The highest BCUT2D eigenvalue weighted by molar-refractivity contribution is 5.90. The summed E-state index contributed by atoms with van der Waals surface area (Å²) in [7, 11) is 0. The Morgan fingerprint density at radius 1 is 0.966 bits per heavy atom. The average Bonchev–Trinajstić information content (AvgIpc) is 2.99. The van der Waals surface area contributed by atoms with Crippen molar-refractivity contribution in [3.05, 3.63) is 81.8 Å². The first-order valence-corrected chi connectivity index (χ1v) is 9.32. The van der Waals surface area contributed by atoms with Crippen LogP contribution in [0.1, 0.15) is 16.7 Å². The van der Waals surface area contributed by atoms with Crippen molar-refractivity contribution in [3.63, 3.8) is 0 Å². The van der Waals surface area contributed by atoms with Crippen molar-refractivity contribution in [3.8, 4) is 11.3 Å². The first-order chi connectivity index (χ1) is 13.9. The Labute approximate surface area is 167 Å². The molecular weight excluding hydrogens is 366 g/mol. The van der Waals surface area contributed by atoms with Crippen molar-refractivity contribution >= 4 is 17.2 Å². The summed E-state index contributed by atoms with van der Waals surface area (Å²) in [5.74, 6) is -0.324. The van der Waals surface area contributed by atoms with Gasteiger partial charge >= 0.3 is 5.69 Å². The van der Waals surface area contributed by atoms with Crippen LogP contribution < -0.4 is 11.0 Å². The summed E-state index contributed by atoms with van der Waals surface area (Å²) >= 11 is 0. The number of hydrogen-bond acceptors (Lipinski definition) is 4. The molecule has 0 saturated carbocycles. The van der Waals surface area contributed by atoms with Gasteiger partial charge in [0.05, 0.1) is 5.69 Å². The van der Waals surface area contributed by atoms with Gasteiger partial charge in [0.2, 0.25) is 5.91 Å². The highest BCUT2D eigenvalue weighted by Gasteiger charge is 2.13. The lowest BCUT2D eigenvalue weighted by atomic mass is 10.0. The predicted octanol–water partition coefficient (Wildman–Crippen LogP) is 3.12. The van der Waals surface area contributed by atoms with Gasteiger partial charge in [-0.15, -0.1) is 5.10 Å². The SMILES string of the molecule is Cc1cccc(NC(=O)Cn2nc3ccc(-c4ccc(C)c(C)c4)nn3c2=O)c1. The molecule has 1 amide bonds. The van der Waals surface area contributed by atoms with Crippen molar-refractivity contribution in [1.82, 2.24) is 19.4 Å². The van der Waals surface area contributed by atoms with Crippen molar-refractivity contribution in [2.45, 2.75) is 27.3 Å². The van der Waals surface area contributed by atoms with Crippen molar-refractivity contribution in [2.24, 2.45) is 0 Å². The maximum Gasteiger partial charge on any atom is 0.367 e. The zero-order valence-corrected chi connectivity index (χ0v) is 16.5. The Balaban J connectivity index is 1.61. The quantitative estimate of drug-likeness (QED) is 0.583. The van der Waals surface area contributed by atoms with Gasteiger partial charge in [-0.2, -0.15) is 9.61 Å². The Hall–Kier alpha value is -3.74. The summed E-state index contributed by atoms with van der Waals surface area (Å²) < 4.78 is 2.35. The molecule has 0 unspecified atom stereocenters. The topological polar surface area (TPSA) is 81.3 Å². The van der Waals surface area contributed by atoms with E-state index < -0.39 is 5.69 Å². The number of benzene rings is 2. The third kappa shape index (κ3) is 3.80.